The van der Waals surface area contributed by atoms with Crippen molar-refractivity contribution in [3.63, 3.8) is 0 Å². The second kappa shape index (κ2) is 7.28. The predicted octanol–water partition coefficient (Wildman–Crippen LogP) is 2.96. The van der Waals surface area contributed by atoms with Crippen LogP contribution in [0.15, 0.2) is 60.7 Å². The number of rotatable bonds is 6. The molecule has 140 valence electrons. The van der Waals surface area contributed by atoms with Gasteiger partial charge in [-0.25, -0.2) is 0 Å². The van der Waals surface area contributed by atoms with Gasteiger partial charge in [-0.2, -0.15) is 0 Å². The monoisotopic (exact) mass is 370 g/mol. The van der Waals surface area contributed by atoms with Gasteiger partial charge in [0.05, 0.1) is 24.7 Å². The minimum Gasteiger partial charge on any atom is -0.407 e. The Bertz CT molecular complexity index is 664. The van der Waals surface area contributed by atoms with Crippen molar-refractivity contribution in [3.05, 3.63) is 60.7 Å². The van der Waals surface area contributed by atoms with E-state index in [0.29, 0.717) is 19.8 Å². The van der Waals surface area contributed by atoms with E-state index in [-0.39, 0.29) is 10.5 Å². The highest BCUT2D eigenvalue weighted by atomic mass is 28.4. The van der Waals surface area contributed by atoms with Crippen LogP contribution in [0.4, 0.5) is 0 Å². The van der Waals surface area contributed by atoms with Crippen LogP contribution in [0.1, 0.15) is 27.7 Å². The Labute approximate surface area is 158 Å². The van der Waals surface area contributed by atoms with Gasteiger partial charge in [-0.15, -0.1) is 0 Å². The zero-order valence-corrected chi connectivity index (χ0v) is 17.2. The van der Waals surface area contributed by atoms with Crippen molar-refractivity contribution >= 4 is 18.7 Å². The molecule has 1 unspecified atom stereocenters. The van der Waals surface area contributed by atoms with E-state index in [2.05, 4.69) is 69.3 Å². The van der Waals surface area contributed by atoms with Crippen LogP contribution >= 0.6 is 0 Å². The quantitative estimate of drug-likeness (QED) is 0.795. The largest absolute Gasteiger partial charge is 0.407 e. The molecule has 2 aromatic rings. The zero-order chi connectivity index (χ0) is 18.8. The molecule has 0 radical (unpaired) electrons. The molecule has 1 aliphatic rings. The lowest BCUT2D eigenvalue weighted by Crippen LogP contribution is -2.68. The van der Waals surface area contributed by atoms with Crippen molar-refractivity contribution in [2.45, 2.75) is 38.8 Å². The molecule has 0 amide bonds. The van der Waals surface area contributed by atoms with E-state index in [1.54, 1.807) is 0 Å². The van der Waals surface area contributed by atoms with Gasteiger partial charge in [-0.05, 0) is 22.3 Å². The standard InChI is InChI=1S/C22H30O3Si/c1-18(23)22(15-24-16-22)17-25-26(21(2,3)4,19-11-7-5-8-12-19)20-13-9-6-10-14-20/h5-14,18,23H,15-17H2,1-4H3. The summed E-state index contributed by atoms with van der Waals surface area (Å²) in [5, 5.41) is 12.8. The average Bonchev–Trinajstić information content (AvgIpc) is 2.57. The molecule has 0 aromatic heterocycles. The Kier molecular flexibility index (Phi) is 5.40. The van der Waals surface area contributed by atoms with Crippen LogP contribution in [-0.4, -0.2) is 39.3 Å². The van der Waals surface area contributed by atoms with Gasteiger partial charge in [0.2, 0.25) is 0 Å². The first-order chi connectivity index (χ1) is 12.3. The molecular formula is C22H30O3Si. The number of hydrogen-bond acceptors (Lipinski definition) is 3. The predicted molar refractivity (Wildman–Crippen MR) is 109 cm³/mol. The lowest BCUT2D eigenvalue weighted by molar-refractivity contribution is -0.182. The van der Waals surface area contributed by atoms with Gasteiger partial charge in [-0.3, -0.25) is 0 Å². The van der Waals surface area contributed by atoms with Crippen molar-refractivity contribution in [2.24, 2.45) is 5.41 Å². The molecule has 0 spiro atoms. The van der Waals surface area contributed by atoms with Crippen LogP contribution in [0.2, 0.25) is 5.04 Å². The third-order valence-electron chi connectivity index (χ3n) is 5.66. The Morgan fingerprint density at radius 1 is 1.00 bits per heavy atom. The summed E-state index contributed by atoms with van der Waals surface area (Å²) >= 11 is 0. The van der Waals surface area contributed by atoms with Gasteiger partial charge in [-0.1, -0.05) is 81.4 Å². The highest BCUT2D eigenvalue weighted by Gasteiger charge is 2.53. The van der Waals surface area contributed by atoms with Crippen LogP contribution in [0.3, 0.4) is 0 Å². The fourth-order valence-corrected chi connectivity index (χ4v) is 8.48. The smallest absolute Gasteiger partial charge is 0.261 e. The van der Waals surface area contributed by atoms with Crippen molar-refractivity contribution in [2.75, 3.05) is 19.8 Å². The molecule has 0 bridgehead atoms. The molecule has 1 atom stereocenters. The average molecular weight is 371 g/mol. The Morgan fingerprint density at radius 2 is 1.46 bits per heavy atom. The summed E-state index contributed by atoms with van der Waals surface area (Å²) in [4.78, 5) is 0. The SMILES string of the molecule is CC(O)C1(CO[Si](c2ccccc2)(c2ccccc2)C(C)(C)C)COC1. The Hall–Kier alpha value is -1.46. The highest BCUT2D eigenvalue weighted by molar-refractivity contribution is 6.99. The molecule has 26 heavy (non-hydrogen) atoms. The van der Waals surface area contributed by atoms with Gasteiger partial charge in [0, 0.05) is 6.61 Å². The van der Waals surface area contributed by atoms with E-state index in [0.717, 1.165) is 0 Å². The third kappa shape index (κ3) is 3.27. The molecule has 2 aromatic carbocycles. The fraction of sp³-hybridized carbons (Fsp3) is 0.455. The highest BCUT2D eigenvalue weighted by Crippen LogP contribution is 2.40. The topological polar surface area (TPSA) is 38.7 Å². The second-order valence-corrected chi connectivity index (χ2v) is 12.8. The van der Waals surface area contributed by atoms with E-state index >= 15 is 0 Å². The van der Waals surface area contributed by atoms with Crippen LogP contribution in [-0.2, 0) is 9.16 Å². The van der Waals surface area contributed by atoms with E-state index in [9.17, 15) is 5.11 Å². The molecule has 3 nitrogen and oxygen atoms in total. The number of benzene rings is 2. The molecule has 4 heteroatoms. The van der Waals surface area contributed by atoms with Crippen LogP contribution < -0.4 is 10.4 Å². The lowest BCUT2D eigenvalue weighted by atomic mass is 9.82. The first-order valence-corrected chi connectivity index (χ1v) is 11.2. The van der Waals surface area contributed by atoms with Gasteiger partial charge >= 0.3 is 0 Å². The molecule has 1 aliphatic heterocycles. The summed E-state index contributed by atoms with van der Waals surface area (Å²) in [5.41, 5.74) is -0.299. The zero-order valence-electron chi connectivity index (χ0n) is 16.2. The fourth-order valence-electron chi connectivity index (χ4n) is 3.82. The molecule has 1 N–H and O–H groups in total. The summed E-state index contributed by atoms with van der Waals surface area (Å²) in [7, 11) is -2.55. The summed E-state index contributed by atoms with van der Waals surface area (Å²) in [5.74, 6) is 0. The Balaban J connectivity index is 2.09. The maximum absolute atomic E-state index is 10.3. The number of aliphatic hydroxyl groups is 1. The molecule has 1 saturated heterocycles. The van der Waals surface area contributed by atoms with E-state index in [1.807, 2.05) is 19.1 Å². The maximum atomic E-state index is 10.3. The first-order valence-electron chi connectivity index (χ1n) is 9.33. The molecule has 0 aliphatic carbocycles. The number of aliphatic hydroxyl groups excluding tert-OH is 1. The van der Waals surface area contributed by atoms with Crippen molar-refractivity contribution < 1.29 is 14.3 Å². The second-order valence-electron chi connectivity index (χ2n) is 8.48. The summed E-state index contributed by atoms with van der Waals surface area (Å²) < 4.78 is 12.4. The number of ether oxygens (including phenoxy) is 1. The van der Waals surface area contributed by atoms with E-state index in [1.165, 1.54) is 10.4 Å². The van der Waals surface area contributed by atoms with Crippen LogP contribution in [0, 0.1) is 5.41 Å². The van der Waals surface area contributed by atoms with Crippen molar-refractivity contribution in [1.82, 2.24) is 0 Å². The maximum Gasteiger partial charge on any atom is 0.261 e. The minimum absolute atomic E-state index is 0.0554. The van der Waals surface area contributed by atoms with Crippen molar-refractivity contribution in [1.29, 1.82) is 0 Å². The van der Waals surface area contributed by atoms with Gasteiger partial charge in [0.15, 0.2) is 0 Å². The van der Waals surface area contributed by atoms with Gasteiger partial charge in [0.1, 0.15) is 0 Å². The summed E-state index contributed by atoms with van der Waals surface area (Å²) in [6, 6.07) is 21.2. The summed E-state index contributed by atoms with van der Waals surface area (Å²) in [6.45, 7) is 10.3. The molecular weight excluding hydrogens is 340 g/mol. The van der Waals surface area contributed by atoms with Gasteiger partial charge in [0.25, 0.3) is 8.32 Å². The van der Waals surface area contributed by atoms with Gasteiger partial charge < -0.3 is 14.3 Å². The minimum atomic E-state index is -2.55. The van der Waals surface area contributed by atoms with E-state index in [4.69, 9.17) is 9.16 Å². The van der Waals surface area contributed by atoms with Crippen LogP contribution in [0.25, 0.3) is 0 Å². The third-order valence-corrected chi connectivity index (χ3v) is 10.6. The molecule has 1 heterocycles. The first kappa shape index (κ1) is 19.3. The van der Waals surface area contributed by atoms with Crippen molar-refractivity contribution in [3.8, 4) is 0 Å². The molecule has 1 fully saturated rings. The van der Waals surface area contributed by atoms with E-state index < -0.39 is 14.4 Å². The Morgan fingerprint density at radius 3 is 1.77 bits per heavy atom. The molecule has 3 rings (SSSR count). The summed E-state index contributed by atoms with van der Waals surface area (Å²) in [6.07, 6.45) is -0.450. The lowest BCUT2D eigenvalue weighted by Gasteiger charge is -2.49. The van der Waals surface area contributed by atoms with Crippen LogP contribution in [0.5, 0.6) is 0 Å². The number of hydrogen-bond donors (Lipinski definition) is 1. The normalized spacial score (nSPS) is 18.2. The molecule has 0 saturated carbocycles.